The van der Waals surface area contributed by atoms with Crippen molar-refractivity contribution in [2.45, 2.75) is 26.8 Å². The molecule has 0 heterocycles. The molecule has 1 amide bonds. The van der Waals surface area contributed by atoms with Gasteiger partial charge in [-0.25, -0.2) is 0 Å². The smallest absolute Gasteiger partial charge is 0.251 e. The minimum Gasteiger partial charge on any atom is -0.493 e. The fourth-order valence-electron chi connectivity index (χ4n) is 1.57. The summed E-state index contributed by atoms with van der Waals surface area (Å²) in [4.78, 5) is 11.9. The Morgan fingerprint density at radius 2 is 1.71 bits per heavy atom. The molecule has 0 aliphatic rings. The van der Waals surface area contributed by atoms with E-state index in [9.17, 15) is 4.79 Å². The molecule has 17 heavy (non-hydrogen) atoms. The summed E-state index contributed by atoms with van der Waals surface area (Å²) >= 11 is 0. The van der Waals surface area contributed by atoms with Crippen LogP contribution in [0.2, 0.25) is 0 Å². The lowest BCUT2D eigenvalue weighted by molar-refractivity contribution is 0.0942. The minimum absolute atomic E-state index is 0.0987. The van der Waals surface area contributed by atoms with Gasteiger partial charge in [-0.05, 0) is 38.5 Å². The molecule has 0 fully saturated rings. The van der Waals surface area contributed by atoms with Crippen molar-refractivity contribution in [3.63, 3.8) is 0 Å². The van der Waals surface area contributed by atoms with Crippen LogP contribution in [0.4, 0.5) is 0 Å². The predicted molar refractivity (Wildman–Crippen MR) is 66.9 cm³/mol. The quantitative estimate of drug-likeness (QED) is 0.872. The number of nitrogens with one attached hydrogen (secondary N) is 1. The van der Waals surface area contributed by atoms with Crippen molar-refractivity contribution in [2.24, 2.45) is 0 Å². The van der Waals surface area contributed by atoms with Crippen molar-refractivity contribution in [3.8, 4) is 11.5 Å². The molecule has 94 valence electrons. The van der Waals surface area contributed by atoms with Crippen LogP contribution in [0.15, 0.2) is 12.1 Å². The van der Waals surface area contributed by atoms with Crippen LogP contribution in [0, 0.1) is 6.92 Å². The van der Waals surface area contributed by atoms with Crippen LogP contribution >= 0.6 is 0 Å². The molecule has 4 nitrogen and oxygen atoms in total. The number of rotatable bonds is 4. The molecule has 1 aromatic rings. The topological polar surface area (TPSA) is 47.6 Å². The van der Waals surface area contributed by atoms with Gasteiger partial charge in [0, 0.05) is 11.6 Å². The van der Waals surface area contributed by atoms with Gasteiger partial charge in [-0.2, -0.15) is 0 Å². The van der Waals surface area contributed by atoms with E-state index >= 15 is 0 Å². The molecule has 0 aliphatic carbocycles. The molecule has 1 aromatic carbocycles. The first kappa shape index (κ1) is 13.4. The highest BCUT2D eigenvalue weighted by atomic mass is 16.5. The molecule has 0 aromatic heterocycles. The van der Waals surface area contributed by atoms with Crippen molar-refractivity contribution in [3.05, 3.63) is 23.3 Å². The van der Waals surface area contributed by atoms with Crippen molar-refractivity contribution >= 4 is 5.91 Å². The van der Waals surface area contributed by atoms with E-state index in [1.165, 1.54) is 0 Å². The largest absolute Gasteiger partial charge is 0.493 e. The predicted octanol–water partition coefficient (Wildman–Crippen LogP) is 2.15. The minimum atomic E-state index is -0.0987. The Bertz CT molecular complexity index is 413. The fourth-order valence-corrected chi connectivity index (χ4v) is 1.57. The van der Waals surface area contributed by atoms with E-state index in [0.29, 0.717) is 17.1 Å². The Kier molecular flexibility index (Phi) is 4.37. The lowest BCUT2D eigenvalue weighted by Gasteiger charge is -2.14. The van der Waals surface area contributed by atoms with Gasteiger partial charge in [-0.3, -0.25) is 4.79 Å². The molecule has 0 saturated carbocycles. The van der Waals surface area contributed by atoms with Crippen LogP contribution < -0.4 is 14.8 Å². The second-order valence-corrected chi connectivity index (χ2v) is 4.15. The second kappa shape index (κ2) is 5.57. The van der Waals surface area contributed by atoms with Crippen LogP contribution in [-0.4, -0.2) is 26.2 Å². The molecule has 1 N–H and O–H groups in total. The summed E-state index contributed by atoms with van der Waals surface area (Å²) in [6.07, 6.45) is 0. The highest BCUT2D eigenvalue weighted by molar-refractivity contribution is 5.96. The van der Waals surface area contributed by atoms with E-state index in [1.54, 1.807) is 26.4 Å². The molecule has 0 spiro atoms. The Morgan fingerprint density at radius 3 is 2.18 bits per heavy atom. The number of ether oxygens (including phenoxy) is 2. The van der Waals surface area contributed by atoms with E-state index < -0.39 is 0 Å². The lowest BCUT2D eigenvalue weighted by Crippen LogP contribution is -2.30. The third-order valence-electron chi connectivity index (χ3n) is 2.39. The molecule has 0 saturated heterocycles. The third kappa shape index (κ3) is 3.12. The lowest BCUT2D eigenvalue weighted by atomic mass is 10.1. The molecule has 0 bridgehead atoms. The molecule has 0 unspecified atom stereocenters. The Balaban J connectivity index is 3.12. The Morgan fingerprint density at radius 1 is 1.18 bits per heavy atom. The zero-order valence-corrected chi connectivity index (χ0v) is 11.0. The Labute approximate surface area is 102 Å². The summed E-state index contributed by atoms with van der Waals surface area (Å²) in [5.41, 5.74) is 1.47. The number of benzene rings is 1. The first-order valence-corrected chi connectivity index (χ1v) is 5.53. The van der Waals surface area contributed by atoms with E-state index in [2.05, 4.69) is 5.32 Å². The maximum atomic E-state index is 11.9. The molecule has 0 aliphatic heterocycles. The molecule has 0 atom stereocenters. The van der Waals surface area contributed by atoms with Gasteiger partial charge in [0.15, 0.2) is 11.5 Å². The summed E-state index contributed by atoms with van der Waals surface area (Å²) in [5, 5.41) is 2.85. The van der Waals surface area contributed by atoms with Crippen molar-refractivity contribution in [1.82, 2.24) is 5.32 Å². The van der Waals surface area contributed by atoms with Crippen molar-refractivity contribution < 1.29 is 14.3 Å². The average molecular weight is 237 g/mol. The van der Waals surface area contributed by atoms with Crippen LogP contribution in [0.5, 0.6) is 11.5 Å². The summed E-state index contributed by atoms with van der Waals surface area (Å²) in [5.74, 6) is 1.09. The van der Waals surface area contributed by atoms with Gasteiger partial charge in [-0.1, -0.05) is 0 Å². The van der Waals surface area contributed by atoms with Crippen molar-refractivity contribution in [2.75, 3.05) is 14.2 Å². The standard InChI is InChI=1S/C13H19NO3/c1-8(2)14-13(15)10-7-12(17-5)11(16-4)6-9(10)3/h6-8H,1-5H3,(H,14,15). The van der Waals surface area contributed by atoms with Crippen LogP contribution in [-0.2, 0) is 0 Å². The number of amides is 1. The third-order valence-corrected chi connectivity index (χ3v) is 2.39. The van der Waals surface area contributed by atoms with E-state index in [-0.39, 0.29) is 11.9 Å². The fraction of sp³-hybridized carbons (Fsp3) is 0.462. The first-order chi connectivity index (χ1) is 7.99. The molecule has 1 rings (SSSR count). The van der Waals surface area contributed by atoms with Crippen molar-refractivity contribution in [1.29, 1.82) is 0 Å². The highest BCUT2D eigenvalue weighted by Gasteiger charge is 2.14. The summed E-state index contributed by atoms with van der Waals surface area (Å²) in [6.45, 7) is 5.72. The van der Waals surface area contributed by atoms with Gasteiger partial charge < -0.3 is 14.8 Å². The molecule has 0 radical (unpaired) electrons. The average Bonchev–Trinajstić information content (AvgIpc) is 2.27. The van der Waals surface area contributed by atoms with Gasteiger partial charge in [-0.15, -0.1) is 0 Å². The summed E-state index contributed by atoms with van der Waals surface area (Å²) in [6, 6.07) is 3.61. The van der Waals surface area contributed by atoms with Crippen LogP contribution in [0.25, 0.3) is 0 Å². The summed E-state index contributed by atoms with van der Waals surface area (Å²) < 4.78 is 10.4. The zero-order valence-electron chi connectivity index (χ0n) is 11.0. The van der Waals surface area contributed by atoms with Gasteiger partial charge in [0.25, 0.3) is 5.91 Å². The van der Waals surface area contributed by atoms with Gasteiger partial charge in [0.2, 0.25) is 0 Å². The number of methoxy groups -OCH3 is 2. The highest BCUT2D eigenvalue weighted by Crippen LogP contribution is 2.30. The van der Waals surface area contributed by atoms with Gasteiger partial charge in [0.05, 0.1) is 14.2 Å². The number of carbonyl (C=O) groups excluding carboxylic acids is 1. The van der Waals surface area contributed by atoms with Crippen LogP contribution in [0.1, 0.15) is 29.8 Å². The zero-order chi connectivity index (χ0) is 13.0. The Hall–Kier alpha value is -1.71. The second-order valence-electron chi connectivity index (χ2n) is 4.15. The normalized spacial score (nSPS) is 10.2. The first-order valence-electron chi connectivity index (χ1n) is 5.53. The number of aryl methyl sites for hydroxylation is 1. The summed E-state index contributed by atoms with van der Waals surface area (Å²) in [7, 11) is 3.13. The molecular formula is C13H19NO3. The van der Waals surface area contributed by atoms with Gasteiger partial charge >= 0.3 is 0 Å². The van der Waals surface area contributed by atoms with Crippen LogP contribution in [0.3, 0.4) is 0 Å². The van der Waals surface area contributed by atoms with E-state index in [1.807, 2.05) is 20.8 Å². The SMILES string of the molecule is COc1cc(C)c(C(=O)NC(C)C)cc1OC. The van der Waals surface area contributed by atoms with E-state index in [0.717, 1.165) is 5.56 Å². The number of hydrogen-bond donors (Lipinski definition) is 1. The van der Waals surface area contributed by atoms with Gasteiger partial charge in [0.1, 0.15) is 0 Å². The number of carbonyl (C=O) groups is 1. The molecule has 4 heteroatoms. The number of hydrogen-bond acceptors (Lipinski definition) is 3. The maximum Gasteiger partial charge on any atom is 0.251 e. The van der Waals surface area contributed by atoms with E-state index in [4.69, 9.17) is 9.47 Å². The maximum absolute atomic E-state index is 11.9. The molecular weight excluding hydrogens is 218 g/mol. The monoisotopic (exact) mass is 237 g/mol.